The van der Waals surface area contributed by atoms with Crippen LogP contribution >= 0.6 is 0 Å². The van der Waals surface area contributed by atoms with Gasteiger partial charge in [-0.05, 0) is 37.1 Å². The normalized spacial score (nSPS) is 15.8. The summed E-state index contributed by atoms with van der Waals surface area (Å²) in [6.07, 6.45) is -2.72. The van der Waals surface area contributed by atoms with Crippen molar-refractivity contribution in [3.05, 3.63) is 24.3 Å². The van der Waals surface area contributed by atoms with E-state index in [0.717, 1.165) is 43.0 Å². The quantitative estimate of drug-likeness (QED) is 0.784. The molecule has 2 N–H and O–H groups in total. The SMILES string of the molecule is C[NH+](CC(=O)Nc1ccc(OC(F)(F)F)cc1)CC(=O)N1CCCC1. The number of nitrogens with zero attached hydrogens (tertiary/aromatic N) is 1. The lowest BCUT2D eigenvalue weighted by molar-refractivity contribution is -0.862. The highest BCUT2D eigenvalue weighted by molar-refractivity contribution is 5.91. The first-order chi connectivity index (χ1) is 11.7. The minimum atomic E-state index is -4.75. The summed E-state index contributed by atoms with van der Waals surface area (Å²) in [4.78, 5) is 26.5. The van der Waals surface area contributed by atoms with E-state index in [-0.39, 0.29) is 30.7 Å². The second-order valence-corrected chi connectivity index (χ2v) is 6.02. The fourth-order valence-electron chi connectivity index (χ4n) is 2.62. The van der Waals surface area contributed by atoms with Crippen molar-refractivity contribution < 1.29 is 32.4 Å². The number of carbonyl (C=O) groups excluding carboxylic acids is 2. The zero-order valence-electron chi connectivity index (χ0n) is 13.9. The van der Waals surface area contributed by atoms with Crippen LogP contribution in [-0.4, -0.2) is 56.3 Å². The molecule has 2 rings (SSSR count). The van der Waals surface area contributed by atoms with Crippen LogP contribution in [0.2, 0.25) is 0 Å². The maximum atomic E-state index is 12.1. The molecule has 2 amide bonds. The summed E-state index contributed by atoms with van der Waals surface area (Å²) in [7, 11) is 1.74. The average molecular weight is 360 g/mol. The highest BCUT2D eigenvalue weighted by Crippen LogP contribution is 2.23. The maximum Gasteiger partial charge on any atom is 0.573 e. The number of quaternary nitrogens is 1. The molecule has 1 aliphatic rings. The van der Waals surface area contributed by atoms with Gasteiger partial charge in [-0.15, -0.1) is 13.2 Å². The molecule has 0 spiro atoms. The largest absolute Gasteiger partial charge is 0.573 e. The Kier molecular flexibility index (Phi) is 6.24. The molecule has 1 aliphatic heterocycles. The second-order valence-electron chi connectivity index (χ2n) is 6.02. The third-order valence-electron chi connectivity index (χ3n) is 3.75. The Morgan fingerprint density at radius 1 is 1.16 bits per heavy atom. The zero-order valence-corrected chi connectivity index (χ0v) is 13.9. The van der Waals surface area contributed by atoms with Gasteiger partial charge in [0.15, 0.2) is 13.1 Å². The number of ether oxygens (including phenoxy) is 1. The summed E-state index contributed by atoms with van der Waals surface area (Å²) in [5.74, 6) is -0.655. The minimum absolute atomic E-state index is 0.0245. The van der Waals surface area contributed by atoms with Crippen molar-refractivity contribution in [3.8, 4) is 5.75 Å². The fraction of sp³-hybridized carbons (Fsp3) is 0.500. The zero-order chi connectivity index (χ0) is 18.4. The van der Waals surface area contributed by atoms with E-state index >= 15 is 0 Å². The summed E-state index contributed by atoms with van der Waals surface area (Å²) >= 11 is 0. The van der Waals surface area contributed by atoms with Gasteiger partial charge in [-0.25, -0.2) is 0 Å². The highest BCUT2D eigenvalue weighted by Gasteiger charge is 2.31. The molecule has 1 unspecified atom stereocenters. The first-order valence-corrected chi connectivity index (χ1v) is 7.98. The van der Waals surface area contributed by atoms with Crippen molar-refractivity contribution in [2.24, 2.45) is 0 Å². The van der Waals surface area contributed by atoms with Crippen LogP contribution in [0.4, 0.5) is 18.9 Å². The van der Waals surface area contributed by atoms with E-state index in [2.05, 4.69) is 10.1 Å². The summed E-state index contributed by atoms with van der Waals surface area (Å²) in [6.45, 7) is 1.85. The van der Waals surface area contributed by atoms with Gasteiger partial charge in [-0.1, -0.05) is 0 Å². The standard InChI is InChI=1S/C16H20F3N3O3/c1-21(11-15(24)22-8-2-3-9-22)10-14(23)20-12-4-6-13(7-5-12)25-16(17,18)19/h4-7H,2-3,8-11H2,1H3,(H,20,23)/p+1. The van der Waals surface area contributed by atoms with Crippen LogP contribution in [0.1, 0.15) is 12.8 Å². The van der Waals surface area contributed by atoms with E-state index in [1.807, 2.05) is 0 Å². The topological polar surface area (TPSA) is 63.1 Å². The Balaban J connectivity index is 1.78. The molecule has 1 atom stereocenters. The molecule has 0 saturated carbocycles. The first-order valence-electron chi connectivity index (χ1n) is 7.98. The lowest BCUT2D eigenvalue weighted by Gasteiger charge is -2.18. The van der Waals surface area contributed by atoms with Gasteiger partial charge in [0.1, 0.15) is 5.75 Å². The van der Waals surface area contributed by atoms with Gasteiger partial charge < -0.3 is 19.9 Å². The number of anilines is 1. The van der Waals surface area contributed by atoms with Crippen LogP contribution in [0.15, 0.2) is 24.3 Å². The molecule has 25 heavy (non-hydrogen) atoms. The number of hydrogen-bond donors (Lipinski definition) is 2. The molecule has 9 heteroatoms. The predicted octanol–water partition coefficient (Wildman–Crippen LogP) is 0.661. The Hall–Kier alpha value is -2.29. The lowest BCUT2D eigenvalue weighted by atomic mass is 10.3. The van der Waals surface area contributed by atoms with Crippen molar-refractivity contribution in [3.63, 3.8) is 0 Å². The predicted molar refractivity (Wildman–Crippen MR) is 84.2 cm³/mol. The van der Waals surface area contributed by atoms with E-state index in [0.29, 0.717) is 5.69 Å². The highest BCUT2D eigenvalue weighted by atomic mass is 19.4. The third-order valence-corrected chi connectivity index (χ3v) is 3.75. The summed E-state index contributed by atoms with van der Waals surface area (Å²) in [5.41, 5.74) is 0.359. The lowest BCUT2D eigenvalue weighted by Crippen LogP contribution is -3.11. The number of amides is 2. The minimum Gasteiger partial charge on any atom is -0.406 e. The van der Waals surface area contributed by atoms with Crippen LogP contribution in [-0.2, 0) is 9.59 Å². The van der Waals surface area contributed by atoms with Crippen LogP contribution in [0.25, 0.3) is 0 Å². The van der Waals surface area contributed by atoms with Gasteiger partial charge in [0.2, 0.25) is 0 Å². The molecule has 138 valence electrons. The average Bonchev–Trinajstić information content (AvgIpc) is 3.01. The number of alkyl halides is 3. The number of benzene rings is 1. The number of likely N-dealkylation sites (tertiary alicyclic amines) is 1. The van der Waals surface area contributed by atoms with E-state index in [1.54, 1.807) is 11.9 Å². The van der Waals surface area contributed by atoms with Gasteiger partial charge in [0, 0.05) is 18.8 Å². The van der Waals surface area contributed by atoms with Crippen molar-refractivity contribution >= 4 is 17.5 Å². The Labute approximate surface area is 143 Å². The van der Waals surface area contributed by atoms with Gasteiger partial charge in [0.25, 0.3) is 11.8 Å². The molecule has 1 fully saturated rings. The molecule has 1 heterocycles. The number of carbonyl (C=O) groups is 2. The Morgan fingerprint density at radius 3 is 2.32 bits per heavy atom. The van der Waals surface area contributed by atoms with Crippen LogP contribution in [0.5, 0.6) is 5.75 Å². The van der Waals surface area contributed by atoms with Crippen LogP contribution < -0.4 is 15.0 Å². The number of halogens is 3. The van der Waals surface area contributed by atoms with E-state index in [4.69, 9.17) is 0 Å². The van der Waals surface area contributed by atoms with E-state index in [9.17, 15) is 22.8 Å². The molecule has 0 aromatic heterocycles. The van der Waals surface area contributed by atoms with Gasteiger partial charge >= 0.3 is 6.36 Å². The second kappa shape index (κ2) is 8.19. The van der Waals surface area contributed by atoms with Crippen LogP contribution in [0, 0.1) is 0 Å². The van der Waals surface area contributed by atoms with Gasteiger partial charge in [-0.2, -0.15) is 0 Å². The summed E-state index contributed by atoms with van der Waals surface area (Å²) in [6, 6.07) is 4.89. The number of hydrogen-bond acceptors (Lipinski definition) is 3. The Morgan fingerprint density at radius 2 is 1.76 bits per heavy atom. The molecule has 6 nitrogen and oxygen atoms in total. The summed E-state index contributed by atoms with van der Waals surface area (Å²) in [5, 5.41) is 2.58. The smallest absolute Gasteiger partial charge is 0.406 e. The molecule has 0 radical (unpaired) electrons. The fourth-order valence-corrected chi connectivity index (χ4v) is 2.62. The monoisotopic (exact) mass is 360 g/mol. The van der Waals surface area contributed by atoms with E-state index in [1.165, 1.54) is 12.1 Å². The molecule has 0 aliphatic carbocycles. The van der Waals surface area contributed by atoms with Gasteiger partial charge in [-0.3, -0.25) is 9.59 Å². The van der Waals surface area contributed by atoms with Crippen molar-refractivity contribution in [2.75, 3.05) is 38.5 Å². The molecule has 1 aromatic carbocycles. The van der Waals surface area contributed by atoms with Crippen LogP contribution in [0.3, 0.4) is 0 Å². The molecular formula is C16H21F3N3O3+. The van der Waals surface area contributed by atoms with Crippen molar-refractivity contribution in [1.29, 1.82) is 0 Å². The van der Waals surface area contributed by atoms with Crippen molar-refractivity contribution in [1.82, 2.24) is 4.90 Å². The Bertz CT molecular complexity index is 599. The first kappa shape index (κ1) is 19.0. The third kappa shape index (κ3) is 6.61. The molecular weight excluding hydrogens is 339 g/mol. The molecule has 1 aromatic rings. The number of rotatable bonds is 6. The number of likely N-dealkylation sites (N-methyl/N-ethyl adjacent to an activating group) is 1. The number of nitrogens with one attached hydrogen (secondary N) is 2. The summed E-state index contributed by atoms with van der Waals surface area (Å²) < 4.78 is 40.0. The maximum absolute atomic E-state index is 12.1. The van der Waals surface area contributed by atoms with Gasteiger partial charge in [0.05, 0.1) is 7.05 Å². The van der Waals surface area contributed by atoms with E-state index < -0.39 is 6.36 Å². The molecule has 0 bridgehead atoms. The van der Waals surface area contributed by atoms with Crippen molar-refractivity contribution in [2.45, 2.75) is 19.2 Å². The molecule has 1 saturated heterocycles.